The SMILES string of the molecule is CCOC(=O)C(F)(F)[C@@H](N)c1cccc(OCC)c1.Cl. The normalized spacial score (nSPS) is 12.2. The summed E-state index contributed by atoms with van der Waals surface area (Å²) in [6.45, 7) is 3.52. The van der Waals surface area contributed by atoms with E-state index in [0.717, 1.165) is 0 Å². The second-order valence-corrected chi connectivity index (χ2v) is 3.83. The summed E-state index contributed by atoms with van der Waals surface area (Å²) in [6, 6.07) is 4.21. The zero-order chi connectivity index (χ0) is 14.5. The minimum Gasteiger partial charge on any atom is -0.494 e. The Bertz CT molecular complexity index is 443. The third-order valence-corrected chi connectivity index (χ3v) is 2.47. The Hall–Kier alpha value is -1.40. The molecule has 0 saturated heterocycles. The number of ether oxygens (including phenoxy) is 2. The molecule has 0 aromatic heterocycles. The van der Waals surface area contributed by atoms with Gasteiger partial charge in [-0.25, -0.2) is 4.79 Å². The van der Waals surface area contributed by atoms with E-state index in [1.54, 1.807) is 19.1 Å². The van der Waals surface area contributed by atoms with Gasteiger partial charge in [-0.05, 0) is 31.5 Å². The molecule has 0 fully saturated rings. The summed E-state index contributed by atoms with van der Waals surface area (Å²) in [5, 5.41) is 0. The van der Waals surface area contributed by atoms with Gasteiger partial charge in [-0.2, -0.15) is 8.78 Å². The van der Waals surface area contributed by atoms with Crippen LogP contribution in [0.1, 0.15) is 25.5 Å². The molecule has 114 valence electrons. The van der Waals surface area contributed by atoms with Gasteiger partial charge in [0.25, 0.3) is 0 Å². The highest BCUT2D eigenvalue weighted by Crippen LogP contribution is 2.32. The van der Waals surface area contributed by atoms with Crippen LogP contribution in [0.2, 0.25) is 0 Å². The molecule has 1 aromatic carbocycles. The van der Waals surface area contributed by atoms with Crippen molar-refractivity contribution in [2.24, 2.45) is 5.73 Å². The number of alkyl halides is 2. The molecule has 7 heteroatoms. The predicted molar refractivity (Wildman–Crippen MR) is 73.4 cm³/mol. The molecule has 0 saturated carbocycles. The Labute approximate surface area is 122 Å². The molecule has 0 unspecified atom stereocenters. The van der Waals surface area contributed by atoms with Crippen LogP contribution in [0.25, 0.3) is 0 Å². The van der Waals surface area contributed by atoms with Gasteiger partial charge in [0, 0.05) is 0 Å². The van der Waals surface area contributed by atoms with Crippen molar-refractivity contribution in [1.82, 2.24) is 0 Å². The fourth-order valence-corrected chi connectivity index (χ4v) is 1.53. The number of esters is 1. The van der Waals surface area contributed by atoms with Gasteiger partial charge in [-0.1, -0.05) is 12.1 Å². The zero-order valence-electron chi connectivity index (χ0n) is 11.3. The number of hydrogen-bond donors (Lipinski definition) is 1. The van der Waals surface area contributed by atoms with E-state index in [4.69, 9.17) is 10.5 Å². The summed E-state index contributed by atoms with van der Waals surface area (Å²) < 4.78 is 37.0. The number of hydrogen-bond acceptors (Lipinski definition) is 4. The molecule has 0 aliphatic carbocycles. The number of carbonyl (C=O) groups is 1. The first-order chi connectivity index (χ1) is 8.93. The van der Waals surface area contributed by atoms with Crippen LogP contribution in [-0.2, 0) is 9.53 Å². The maximum absolute atomic E-state index is 13.8. The Morgan fingerprint density at radius 1 is 1.35 bits per heavy atom. The summed E-state index contributed by atoms with van der Waals surface area (Å²) in [7, 11) is 0. The highest BCUT2D eigenvalue weighted by molar-refractivity contribution is 5.85. The van der Waals surface area contributed by atoms with E-state index >= 15 is 0 Å². The van der Waals surface area contributed by atoms with Crippen LogP contribution in [0, 0.1) is 0 Å². The van der Waals surface area contributed by atoms with Crippen LogP contribution < -0.4 is 10.5 Å². The number of halogens is 3. The number of rotatable bonds is 6. The Kier molecular flexibility index (Phi) is 7.45. The summed E-state index contributed by atoms with van der Waals surface area (Å²) in [6.07, 6.45) is 0. The minimum atomic E-state index is -3.78. The van der Waals surface area contributed by atoms with Crippen LogP contribution in [0.4, 0.5) is 8.78 Å². The van der Waals surface area contributed by atoms with Gasteiger partial charge in [0.05, 0.1) is 13.2 Å². The summed E-state index contributed by atoms with van der Waals surface area (Å²) in [5.41, 5.74) is 5.58. The molecule has 2 N–H and O–H groups in total. The lowest BCUT2D eigenvalue weighted by Gasteiger charge is -2.22. The molecule has 0 amide bonds. The molecular formula is C13H18ClF2NO3. The highest BCUT2D eigenvalue weighted by Gasteiger charge is 2.47. The van der Waals surface area contributed by atoms with Gasteiger partial charge >= 0.3 is 11.9 Å². The number of carbonyl (C=O) groups excluding carboxylic acids is 1. The van der Waals surface area contributed by atoms with Crippen molar-refractivity contribution >= 4 is 18.4 Å². The molecule has 0 aliphatic rings. The van der Waals surface area contributed by atoms with Crippen molar-refractivity contribution in [2.45, 2.75) is 25.8 Å². The van der Waals surface area contributed by atoms with Crippen LogP contribution in [0.5, 0.6) is 5.75 Å². The molecule has 4 nitrogen and oxygen atoms in total. The van der Waals surface area contributed by atoms with Gasteiger partial charge in [-0.3, -0.25) is 0 Å². The topological polar surface area (TPSA) is 61.5 Å². The van der Waals surface area contributed by atoms with Gasteiger partial charge in [0.1, 0.15) is 11.8 Å². The van der Waals surface area contributed by atoms with Crippen molar-refractivity contribution < 1.29 is 23.0 Å². The summed E-state index contributed by atoms with van der Waals surface area (Å²) in [4.78, 5) is 11.2. The van der Waals surface area contributed by atoms with E-state index < -0.39 is 17.9 Å². The number of benzene rings is 1. The molecule has 20 heavy (non-hydrogen) atoms. The van der Waals surface area contributed by atoms with E-state index in [9.17, 15) is 13.6 Å². The second kappa shape index (κ2) is 8.01. The molecule has 0 bridgehead atoms. The molecule has 1 atom stereocenters. The minimum absolute atomic E-state index is 0. The lowest BCUT2D eigenvalue weighted by Crippen LogP contribution is -2.41. The van der Waals surface area contributed by atoms with Crippen LogP contribution in [0.15, 0.2) is 24.3 Å². The smallest absolute Gasteiger partial charge is 0.379 e. The molecule has 0 radical (unpaired) electrons. The van der Waals surface area contributed by atoms with Crippen molar-refractivity contribution in [3.63, 3.8) is 0 Å². The molecule has 0 spiro atoms. The highest BCUT2D eigenvalue weighted by atomic mass is 35.5. The lowest BCUT2D eigenvalue weighted by atomic mass is 10.0. The van der Waals surface area contributed by atoms with Crippen molar-refractivity contribution in [1.29, 1.82) is 0 Å². The summed E-state index contributed by atoms with van der Waals surface area (Å²) >= 11 is 0. The quantitative estimate of drug-likeness (QED) is 0.821. The lowest BCUT2D eigenvalue weighted by molar-refractivity contribution is -0.174. The van der Waals surface area contributed by atoms with Crippen LogP contribution in [0.3, 0.4) is 0 Å². The summed E-state index contributed by atoms with van der Waals surface area (Å²) in [5.74, 6) is -4.97. The maximum Gasteiger partial charge on any atom is 0.379 e. The molecule has 0 heterocycles. The predicted octanol–water partition coefficient (Wildman–Crippen LogP) is 2.71. The largest absolute Gasteiger partial charge is 0.494 e. The van der Waals surface area contributed by atoms with E-state index in [2.05, 4.69) is 4.74 Å². The molecule has 1 rings (SSSR count). The number of nitrogens with two attached hydrogens (primary N) is 1. The van der Waals surface area contributed by atoms with Crippen molar-refractivity contribution in [2.75, 3.05) is 13.2 Å². The first kappa shape index (κ1) is 18.6. The molecular weight excluding hydrogens is 292 g/mol. The van der Waals surface area contributed by atoms with Gasteiger partial charge in [0.15, 0.2) is 0 Å². The van der Waals surface area contributed by atoms with Crippen molar-refractivity contribution in [3.05, 3.63) is 29.8 Å². The fraction of sp³-hybridized carbons (Fsp3) is 0.462. The molecule has 0 aliphatic heterocycles. The first-order valence-corrected chi connectivity index (χ1v) is 5.96. The average Bonchev–Trinajstić information content (AvgIpc) is 2.38. The van der Waals surface area contributed by atoms with Gasteiger partial charge in [0.2, 0.25) is 0 Å². The van der Waals surface area contributed by atoms with E-state index in [-0.39, 0.29) is 24.6 Å². The fourth-order valence-electron chi connectivity index (χ4n) is 1.53. The first-order valence-electron chi connectivity index (χ1n) is 5.96. The van der Waals surface area contributed by atoms with E-state index in [0.29, 0.717) is 12.4 Å². The van der Waals surface area contributed by atoms with Crippen LogP contribution >= 0.6 is 12.4 Å². The Morgan fingerprint density at radius 3 is 2.55 bits per heavy atom. The standard InChI is InChI=1S/C13H17F2NO3.ClH/c1-3-18-10-7-5-6-9(8-10)11(16)13(14,15)12(17)19-4-2;/h5-8,11H,3-4,16H2,1-2H3;1H/t11-;/m0./s1. The van der Waals surface area contributed by atoms with E-state index in [1.165, 1.54) is 19.1 Å². The Balaban J connectivity index is 0.00000361. The maximum atomic E-state index is 13.8. The monoisotopic (exact) mass is 309 g/mol. The second-order valence-electron chi connectivity index (χ2n) is 3.83. The van der Waals surface area contributed by atoms with Crippen molar-refractivity contribution in [3.8, 4) is 5.75 Å². The third kappa shape index (κ3) is 4.31. The van der Waals surface area contributed by atoms with Crippen LogP contribution in [-0.4, -0.2) is 25.1 Å². The zero-order valence-corrected chi connectivity index (χ0v) is 12.1. The van der Waals surface area contributed by atoms with Gasteiger partial charge in [-0.15, -0.1) is 12.4 Å². The third-order valence-electron chi connectivity index (χ3n) is 2.47. The molecule has 1 aromatic rings. The Morgan fingerprint density at radius 2 is 2.00 bits per heavy atom. The average molecular weight is 310 g/mol. The van der Waals surface area contributed by atoms with E-state index in [1.807, 2.05) is 0 Å². The van der Waals surface area contributed by atoms with Gasteiger partial charge < -0.3 is 15.2 Å².